The maximum absolute atomic E-state index is 12.3. The van der Waals surface area contributed by atoms with Crippen molar-refractivity contribution < 1.29 is 9.32 Å². The summed E-state index contributed by atoms with van der Waals surface area (Å²) in [4.78, 5) is 28.7. The fourth-order valence-corrected chi connectivity index (χ4v) is 2.44. The van der Waals surface area contributed by atoms with Crippen LogP contribution in [0.3, 0.4) is 0 Å². The Morgan fingerprint density at radius 3 is 2.65 bits per heavy atom. The molecule has 1 fully saturated rings. The van der Waals surface area contributed by atoms with Gasteiger partial charge in [-0.25, -0.2) is 4.98 Å². The molecule has 3 rings (SSSR count). The van der Waals surface area contributed by atoms with Crippen molar-refractivity contribution in [2.45, 2.75) is 26.3 Å². The first-order valence-corrected chi connectivity index (χ1v) is 7.73. The van der Waals surface area contributed by atoms with Crippen LogP contribution in [-0.2, 0) is 6.54 Å². The van der Waals surface area contributed by atoms with Crippen LogP contribution in [0, 0.1) is 0 Å². The molecule has 23 heavy (non-hydrogen) atoms. The predicted molar refractivity (Wildman–Crippen MR) is 81.6 cm³/mol. The number of hydrogen-bond donors (Lipinski definition) is 0. The quantitative estimate of drug-likeness (QED) is 0.829. The molecular weight excluding hydrogens is 296 g/mol. The third-order valence-corrected chi connectivity index (χ3v) is 3.80. The minimum atomic E-state index is -0.0716. The van der Waals surface area contributed by atoms with E-state index < -0.39 is 0 Å². The number of hydrogen-bond acceptors (Lipinski definition) is 7. The highest BCUT2D eigenvalue weighted by atomic mass is 16.5. The lowest BCUT2D eigenvalue weighted by molar-refractivity contribution is 0.0609. The molecule has 122 valence electrons. The van der Waals surface area contributed by atoms with Crippen LogP contribution in [0.4, 0.5) is 0 Å². The second-order valence-corrected chi connectivity index (χ2v) is 5.86. The first kappa shape index (κ1) is 15.5. The van der Waals surface area contributed by atoms with Gasteiger partial charge in [0, 0.05) is 44.5 Å². The van der Waals surface area contributed by atoms with E-state index in [1.54, 1.807) is 11.1 Å². The molecule has 0 unspecified atom stereocenters. The Bertz CT molecular complexity index is 649. The average Bonchev–Trinajstić information content (AvgIpc) is 3.04. The van der Waals surface area contributed by atoms with Gasteiger partial charge in [-0.05, 0) is 0 Å². The summed E-state index contributed by atoms with van der Waals surface area (Å²) < 4.78 is 5.27. The van der Waals surface area contributed by atoms with E-state index in [1.807, 2.05) is 13.8 Å². The summed E-state index contributed by atoms with van der Waals surface area (Å²) in [5.41, 5.74) is 0.388. The Kier molecular flexibility index (Phi) is 4.61. The van der Waals surface area contributed by atoms with E-state index in [9.17, 15) is 4.79 Å². The summed E-state index contributed by atoms with van der Waals surface area (Å²) in [6.07, 6.45) is 4.59. The van der Waals surface area contributed by atoms with Gasteiger partial charge < -0.3 is 9.42 Å². The molecule has 1 amide bonds. The fourth-order valence-electron chi connectivity index (χ4n) is 2.44. The highest BCUT2D eigenvalue weighted by molar-refractivity contribution is 5.92. The first-order valence-electron chi connectivity index (χ1n) is 7.73. The molecule has 0 bridgehead atoms. The zero-order chi connectivity index (χ0) is 16.2. The van der Waals surface area contributed by atoms with Crippen LogP contribution in [0.25, 0.3) is 0 Å². The van der Waals surface area contributed by atoms with Gasteiger partial charge in [-0.2, -0.15) is 4.98 Å². The molecule has 0 radical (unpaired) electrons. The first-order chi connectivity index (χ1) is 11.1. The van der Waals surface area contributed by atoms with E-state index in [-0.39, 0.29) is 11.8 Å². The minimum absolute atomic E-state index is 0.0716. The molecule has 1 aliphatic rings. The molecule has 1 saturated heterocycles. The summed E-state index contributed by atoms with van der Waals surface area (Å²) in [5, 5.41) is 3.97. The number of piperazine rings is 1. The maximum atomic E-state index is 12.3. The number of amides is 1. The second kappa shape index (κ2) is 6.82. The van der Waals surface area contributed by atoms with Crippen LogP contribution in [0.5, 0.6) is 0 Å². The van der Waals surface area contributed by atoms with Crippen molar-refractivity contribution in [3.63, 3.8) is 0 Å². The molecule has 0 aromatic carbocycles. The van der Waals surface area contributed by atoms with Crippen molar-refractivity contribution in [1.29, 1.82) is 0 Å². The Morgan fingerprint density at radius 2 is 2.04 bits per heavy atom. The van der Waals surface area contributed by atoms with Gasteiger partial charge in [0.25, 0.3) is 5.91 Å². The van der Waals surface area contributed by atoms with E-state index in [2.05, 4.69) is 25.0 Å². The number of nitrogens with zero attached hydrogens (tertiary/aromatic N) is 6. The summed E-state index contributed by atoms with van der Waals surface area (Å²) in [6, 6.07) is 0. The van der Waals surface area contributed by atoms with Crippen LogP contribution in [-0.4, -0.2) is 62.0 Å². The molecule has 0 aliphatic carbocycles. The number of carbonyl (C=O) groups excluding carboxylic acids is 1. The Hall–Kier alpha value is -2.35. The maximum Gasteiger partial charge on any atom is 0.274 e. The van der Waals surface area contributed by atoms with Crippen LogP contribution in [0.15, 0.2) is 23.1 Å². The van der Waals surface area contributed by atoms with Crippen molar-refractivity contribution in [3.05, 3.63) is 36.0 Å². The number of rotatable bonds is 4. The summed E-state index contributed by atoms with van der Waals surface area (Å²) >= 11 is 0. The summed E-state index contributed by atoms with van der Waals surface area (Å²) in [5.74, 6) is 1.55. The topological polar surface area (TPSA) is 88.3 Å². The monoisotopic (exact) mass is 316 g/mol. The number of carbonyl (C=O) groups is 1. The SMILES string of the molecule is CC(C)c1noc(CN2CCN(C(=O)c3cnccn3)CC2)n1. The van der Waals surface area contributed by atoms with Gasteiger partial charge in [-0.1, -0.05) is 19.0 Å². The minimum Gasteiger partial charge on any atom is -0.338 e. The van der Waals surface area contributed by atoms with E-state index in [0.717, 1.165) is 18.9 Å². The Labute approximate surface area is 134 Å². The smallest absolute Gasteiger partial charge is 0.274 e. The second-order valence-electron chi connectivity index (χ2n) is 5.86. The normalized spacial score (nSPS) is 16.0. The van der Waals surface area contributed by atoms with Crippen LogP contribution in [0.2, 0.25) is 0 Å². The zero-order valence-electron chi connectivity index (χ0n) is 13.3. The van der Waals surface area contributed by atoms with E-state index in [1.165, 1.54) is 12.4 Å². The molecule has 2 aromatic rings. The highest BCUT2D eigenvalue weighted by Crippen LogP contribution is 2.13. The molecule has 2 aromatic heterocycles. The van der Waals surface area contributed by atoms with Crippen LogP contribution in [0.1, 0.15) is 42.0 Å². The van der Waals surface area contributed by atoms with Gasteiger partial charge in [0.1, 0.15) is 5.69 Å². The molecule has 0 saturated carbocycles. The van der Waals surface area contributed by atoms with Crippen molar-refractivity contribution >= 4 is 5.91 Å². The van der Waals surface area contributed by atoms with Crippen molar-refractivity contribution in [2.24, 2.45) is 0 Å². The highest BCUT2D eigenvalue weighted by Gasteiger charge is 2.24. The largest absolute Gasteiger partial charge is 0.338 e. The van der Waals surface area contributed by atoms with Gasteiger partial charge >= 0.3 is 0 Å². The zero-order valence-corrected chi connectivity index (χ0v) is 13.3. The van der Waals surface area contributed by atoms with Gasteiger partial charge in [-0.3, -0.25) is 14.7 Å². The average molecular weight is 316 g/mol. The standard InChI is InChI=1S/C15H20N6O2/c1-11(2)14-18-13(23-19-14)10-20-5-7-21(8-6-20)15(22)12-9-16-3-4-17-12/h3-4,9,11H,5-8,10H2,1-2H3. The molecule has 0 atom stereocenters. The lowest BCUT2D eigenvalue weighted by Crippen LogP contribution is -2.48. The molecule has 8 heteroatoms. The molecule has 8 nitrogen and oxygen atoms in total. The molecule has 1 aliphatic heterocycles. The van der Waals surface area contributed by atoms with E-state index >= 15 is 0 Å². The van der Waals surface area contributed by atoms with Crippen molar-refractivity contribution in [3.8, 4) is 0 Å². The van der Waals surface area contributed by atoms with E-state index in [0.29, 0.717) is 31.2 Å². The van der Waals surface area contributed by atoms with Gasteiger partial charge in [0.05, 0.1) is 12.7 Å². The van der Waals surface area contributed by atoms with Gasteiger partial charge in [0.2, 0.25) is 5.89 Å². The molecule has 3 heterocycles. The van der Waals surface area contributed by atoms with Gasteiger partial charge in [0.15, 0.2) is 5.82 Å². The molecular formula is C15H20N6O2. The Balaban J connectivity index is 1.53. The summed E-state index contributed by atoms with van der Waals surface area (Å²) in [6.45, 7) is 7.53. The van der Waals surface area contributed by atoms with Gasteiger partial charge in [-0.15, -0.1) is 0 Å². The predicted octanol–water partition coefficient (Wildman–Crippen LogP) is 0.941. The summed E-state index contributed by atoms with van der Waals surface area (Å²) in [7, 11) is 0. The van der Waals surface area contributed by atoms with Crippen molar-refractivity contribution in [2.75, 3.05) is 26.2 Å². The third kappa shape index (κ3) is 3.70. The third-order valence-electron chi connectivity index (χ3n) is 3.80. The number of aromatic nitrogens is 4. The van der Waals surface area contributed by atoms with Crippen LogP contribution < -0.4 is 0 Å². The molecule has 0 N–H and O–H groups in total. The lowest BCUT2D eigenvalue weighted by atomic mass is 10.2. The fraction of sp³-hybridized carbons (Fsp3) is 0.533. The van der Waals surface area contributed by atoms with E-state index in [4.69, 9.17) is 4.52 Å². The Morgan fingerprint density at radius 1 is 1.26 bits per heavy atom. The van der Waals surface area contributed by atoms with Crippen molar-refractivity contribution in [1.82, 2.24) is 29.9 Å². The lowest BCUT2D eigenvalue weighted by Gasteiger charge is -2.33. The molecule has 0 spiro atoms. The van der Waals surface area contributed by atoms with Crippen LogP contribution >= 0.6 is 0 Å².